The molecule has 0 bridgehead atoms. The Morgan fingerprint density at radius 3 is 2.59 bits per heavy atom. The van der Waals surface area contributed by atoms with Gasteiger partial charge in [-0.1, -0.05) is 45.8 Å². The molecule has 4 aliphatic carbocycles. The third kappa shape index (κ3) is 3.75. The molecule has 0 saturated heterocycles. The number of hydrogen-bond donors (Lipinski definition) is 1. The summed E-state index contributed by atoms with van der Waals surface area (Å²) in [5.41, 5.74) is 2.84. The Balaban J connectivity index is 1.49. The lowest BCUT2D eigenvalue weighted by Gasteiger charge is -2.57. The molecule has 0 amide bonds. The third-order valence-corrected chi connectivity index (χ3v) is 10.3. The maximum Gasteiger partial charge on any atom is 0.0543 e. The SMILES string of the molecule is CCCCN(C)C[C@@H](C)[C@H]1CC[C@H]2C3=CC[C@H]4C[C@@H](O)CC[C@]4(C)[C@H]3CC[C@]12C. The van der Waals surface area contributed by atoms with E-state index in [4.69, 9.17) is 0 Å². The van der Waals surface area contributed by atoms with Crippen molar-refractivity contribution in [2.24, 2.45) is 40.4 Å². The number of rotatable bonds is 6. The maximum atomic E-state index is 10.2. The summed E-state index contributed by atoms with van der Waals surface area (Å²) < 4.78 is 0. The van der Waals surface area contributed by atoms with E-state index in [0.29, 0.717) is 16.7 Å². The Hall–Kier alpha value is -0.340. The number of hydrogen-bond acceptors (Lipinski definition) is 2. The number of aliphatic hydroxyl groups excluding tert-OH is 1. The zero-order chi connectivity index (χ0) is 20.8. The van der Waals surface area contributed by atoms with Crippen molar-refractivity contribution in [3.63, 3.8) is 0 Å². The second kappa shape index (κ2) is 8.30. The fourth-order valence-electron chi connectivity index (χ4n) is 8.60. The molecule has 0 heterocycles. The number of allylic oxidation sites excluding steroid dienone is 2. The van der Waals surface area contributed by atoms with Crippen molar-refractivity contribution >= 4 is 0 Å². The summed E-state index contributed by atoms with van der Waals surface area (Å²) in [6, 6.07) is 0. The maximum absolute atomic E-state index is 10.2. The van der Waals surface area contributed by atoms with E-state index in [0.717, 1.165) is 36.5 Å². The Kier molecular flexibility index (Phi) is 6.26. The van der Waals surface area contributed by atoms with Crippen molar-refractivity contribution in [1.29, 1.82) is 0 Å². The molecule has 0 unspecified atom stereocenters. The molecule has 29 heavy (non-hydrogen) atoms. The van der Waals surface area contributed by atoms with E-state index >= 15 is 0 Å². The Morgan fingerprint density at radius 2 is 1.83 bits per heavy atom. The zero-order valence-corrected chi connectivity index (χ0v) is 19.9. The van der Waals surface area contributed by atoms with Gasteiger partial charge in [-0.15, -0.1) is 0 Å². The molecule has 3 saturated carbocycles. The molecule has 0 radical (unpaired) electrons. The third-order valence-electron chi connectivity index (χ3n) is 10.3. The van der Waals surface area contributed by atoms with Crippen LogP contribution in [-0.4, -0.2) is 36.2 Å². The monoisotopic (exact) mass is 401 g/mol. The number of fused-ring (bicyclic) bond motifs is 5. The van der Waals surface area contributed by atoms with Crippen LogP contribution in [0.2, 0.25) is 0 Å². The summed E-state index contributed by atoms with van der Waals surface area (Å²) in [6.45, 7) is 12.6. The van der Waals surface area contributed by atoms with Crippen molar-refractivity contribution in [2.75, 3.05) is 20.1 Å². The van der Waals surface area contributed by atoms with Gasteiger partial charge in [-0.3, -0.25) is 0 Å². The van der Waals surface area contributed by atoms with Crippen molar-refractivity contribution < 1.29 is 5.11 Å². The first kappa shape index (κ1) is 21.9. The molecule has 4 rings (SSSR count). The minimum Gasteiger partial charge on any atom is -0.393 e. The van der Waals surface area contributed by atoms with E-state index < -0.39 is 0 Å². The smallest absolute Gasteiger partial charge is 0.0543 e. The average molecular weight is 402 g/mol. The van der Waals surface area contributed by atoms with Gasteiger partial charge in [0.1, 0.15) is 0 Å². The van der Waals surface area contributed by atoms with Gasteiger partial charge >= 0.3 is 0 Å². The van der Waals surface area contributed by atoms with E-state index in [1.807, 2.05) is 5.57 Å². The molecule has 2 heteroatoms. The van der Waals surface area contributed by atoms with Crippen LogP contribution < -0.4 is 0 Å². The Labute approximate surface area is 180 Å². The molecule has 0 aliphatic heterocycles. The van der Waals surface area contributed by atoms with Crippen LogP contribution in [-0.2, 0) is 0 Å². The fraction of sp³-hybridized carbons (Fsp3) is 0.926. The summed E-state index contributed by atoms with van der Waals surface area (Å²) in [7, 11) is 2.33. The van der Waals surface area contributed by atoms with Gasteiger partial charge < -0.3 is 10.0 Å². The molecule has 3 fully saturated rings. The van der Waals surface area contributed by atoms with Crippen LogP contribution in [0.1, 0.15) is 91.9 Å². The minimum absolute atomic E-state index is 0.0433. The Morgan fingerprint density at radius 1 is 1.10 bits per heavy atom. The van der Waals surface area contributed by atoms with Crippen molar-refractivity contribution in [3.05, 3.63) is 11.6 Å². The predicted octanol–water partition coefficient (Wildman–Crippen LogP) is 6.29. The lowest BCUT2D eigenvalue weighted by molar-refractivity contribution is -0.0431. The highest BCUT2D eigenvalue weighted by Gasteiger charge is 2.58. The highest BCUT2D eigenvalue weighted by atomic mass is 16.3. The molecule has 0 aromatic heterocycles. The lowest BCUT2D eigenvalue weighted by Crippen LogP contribution is -2.50. The van der Waals surface area contributed by atoms with Crippen LogP contribution in [0.4, 0.5) is 0 Å². The topological polar surface area (TPSA) is 23.5 Å². The van der Waals surface area contributed by atoms with Gasteiger partial charge in [0.25, 0.3) is 0 Å². The largest absolute Gasteiger partial charge is 0.393 e. The summed E-state index contributed by atoms with van der Waals surface area (Å²) in [5, 5.41) is 10.2. The van der Waals surface area contributed by atoms with Gasteiger partial charge in [0.2, 0.25) is 0 Å². The first-order valence-corrected chi connectivity index (χ1v) is 12.9. The van der Waals surface area contributed by atoms with Crippen molar-refractivity contribution in [2.45, 2.75) is 98.0 Å². The fourth-order valence-corrected chi connectivity index (χ4v) is 8.60. The second-order valence-corrected chi connectivity index (χ2v) is 12.0. The van der Waals surface area contributed by atoms with Gasteiger partial charge in [0.15, 0.2) is 0 Å². The molecule has 0 aromatic rings. The van der Waals surface area contributed by atoms with E-state index in [1.165, 1.54) is 64.5 Å². The minimum atomic E-state index is -0.0433. The van der Waals surface area contributed by atoms with Crippen LogP contribution >= 0.6 is 0 Å². The van der Waals surface area contributed by atoms with Gasteiger partial charge in [-0.2, -0.15) is 0 Å². The first-order valence-electron chi connectivity index (χ1n) is 12.9. The van der Waals surface area contributed by atoms with Crippen LogP contribution in [0.5, 0.6) is 0 Å². The normalized spacial score (nSPS) is 45.3. The molecule has 2 nitrogen and oxygen atoms in total. The summed E-state index contributed by atoms with van der Waals surface area (Å²) in [5.74, 6) is 4.04. The van der Waals surface area contributed by atoms with Crippen LogP contribution in [0.25, 0.3) is 0 Å². The van der Waals surface area contributed by atoms with Gasteiger partial charge in [0, 0.05) is 6.54 Å². The number of nitrogens with zero attached hydrogens (tertiary/aromatic N) is 1. The van der Waals surface area contributed by atoms with Crippen LogP contribution in [0.15, 0.2) is 11.6 Å². The van der Waals surface area contributed by atoms with E-state index in [2.05, 4.69) is 45.7 Å². The molecule has 0 spiro atoms. The molecular weight excluding hydrogens is 354 g/mol. The molecular formula is C27H47NO. The number of unbranched alkanes of at least 4 members (excludes halogenated alkanes) is 1. The first-order chi connectivity index (χ1) is 13.8. The predicted molar refractivity (Wildman–Crippen MR) is 123 cm³/mol. The van der Waals surface area contributed by atoms with Crippen molar-refractivity contribution in [1.82, 2.24) is 4.90 Å². The van der Waals surface area contributed by atoms with Gasteiger partial charge in [-0.05, 0) is 112 Å². The second-order valence-electron chi connectivity index (χ2n) is 12.0. The zero-order valence-electron chi connectivity index (χ0n) is 19.9. The van der Waals surface area contributed by atoms with Crippen molar-refractivity contribution in [3.8, 4) is 0 Å². The van der Waals surface area contributed by atoms with Crippen LogP contribution in [0, 0.1) is 40.4 Å². The molecule has 1 N–H and O–H groups in total. The van der Waals surface area contributed by atoms with E-state index in [1.54, 1.807) is 0 Å². The molecule has 0 aromatic carbocycles. The molecule has 166 valence electrons. The molecule has 8 atom stereocenters. The standard InChI is InChI=1S/C27H47NO/c1-6-7-16-28(5)18-19(2)23-10-11-24-22-9-8-20-17-21(29)12-14-26(20,3)25(22)13-15-27(23,24)4/h9,19-21,23-25,29H,6-8,10-18H2,1-5H3/t19-,20+,21+,23-,24+,25+,26+,27-/m1/s1. The lowest BCUT2D eigenvalue weighted by atomic mass is 9.47. The van der Waals surface area contributed by atoms with Gasteiger partial charge in [0.05, 0.1) is 6.10 Å². The summed E-state index contributed by atoms with van der Waals surface area (Å²) >= 11 is 0. The average Bonchev–Trinajstić information content (AvgIpc) is 3.04. The highest BCUT2D eigenvalue weighted by molar-refractivity contribution is 5.27. The summed E-state index contributed by atoms with van der Waals surface area (Å²) in [4.78, 5) is 2.59. The Bertz CT molecular complexity index is 614. The quantitative estimate of drug-likeness (QED) is 0.528. The summed E-state index contributed by atoms with van der Waals surface area (Å²) in [6.07, 6.45) is 15.5. The van der Waals surface area contributed by atoms with E-state index in [-0.39, 0.29) is 6.10 Å². The number of aliphatic hydroxyl groups is 1. The highest BCUT2D eigenvalue weighted by Crippen LogP contribution is 2.66. The van der Waals surface area contributed by atoms with Crippen LogP contribution in [0.3, 0.4) is 0 Å². The molecule has 4 aliphatic rings. The van der Waals surface area contributed by atoms with E-state index in [9.17, 15) is 5.11 Å². The van der Waals surface area contributed by atoms with Gasteiger partial charge in [-0.25, -0.2) is 0 Å².